The molecule has 3 aromatic rings. The fourth-order valence-electron chi connectivity index (χ4n) is 2.18. The Labute approximate surface area is 208 Å². The van der Waals surface area contributed by atoms with Crippen molar-refractivity contribution in [2.24, 2.45) is 0 Å². The van der Waals surface area contributed by atoms with Gasteiger partial charge in [0.05, 0.1) is 0 Å². The van der Waals surface area contributed by atoms with E-state index in [1.165, 1.54) is 15.9 Å². The molecular formula is C24H33Br2CoP3. The molecule has 0 spiro atoms. The molecule has 0 aromatic heterocycles. The third-order valence-corrected chi connectivity index (χ3v) is 7.81. The molecule has 6 heteroatoms. The molecular weight excluding hydrogens is 600 g/mol. The van der Waals surface area contributed by atoms with Gasteiger partial charge in [0.2, 0.25) is 0 Å². The zero-order valence-corrected chi connectivity index (χ0v) is 25.5. The fraction of sp³-hybridized carbons (Fsp3) is 0.250. The Hall–Kier alpha value is 0.416. The van der Waals surface area contributed by atoms with Gasteiger partial charge < -0.3 is 0 Å². The fourth-order valence-corrected chi connectivity index (χ4v) is 4.48. The first-order chi connectivity index (χ1) is 14.3. The van der Waals surface area contributed by atoms with E-state index in [1.807, 2.05) is 0 Å². The van der Waals surface area contributed by atoms with Crippen molar-refractivity contribution >= 4 is 68.0 Å². The molecule has 167 valence electrons. The van der Waals surface area contributed by atoms with E-state index in [9.17, 15) is 0 Å². The van der Waals surface area contributed by atoms with Gasteiger partial charge >= 0.3 is 39.5 Å². The summed E-state index contributed by atoms with van der Waals surface area (Å²) in [5.41, 5.74) is 0. The number of hydrogen-bond acceptors (Lipinski definition) is 0. The van der Waals surface area contributed by atoms with Crippen molar-refractivity contribution in [2.75, 3.05) is 40.0 Å². The molecule has 0 aliphatic carbocycles. The second-order valence-corrected chi connectivity index (χ2v) is 18.9. The first kappa shape index (κ1) is 30.4. The SMILES string of the molecule is CP(C)c1ccccc1.CP(C)c1ccccc1.CP(C)c1ccccc1.[Br][Co][Br]. The zero-order valence-electron chi connectivity index (χ0n) is 18.6. The molecule has 0 amide bonds. The second-order valence-electron chi connectivity index (χ2n) is 6.74. The molecule has 0 N–H and O–H groups in total. The second kappa shape index (κ2) is 20.1. The van der Waals surface area contributed by atoms with Crippen LogP contribution in [0.2, 0.25) is 0 Å². The molecule has 0 aliphatic rings. The van der Waals surface area contributed by atoms with Crippen molar-refractivity contribution in [2.45, 2.75) is 0 Å². The standard InChI is InChI=1S/3C8H11P.2BrH.Co/c3*1-9(2)8-6-4-3-5-7-8;;;/h3*3-7H,1-2H3;2*1H;/q;;;;;+2/p-2. The van der Waals surface area contributed by atoms with Crippen LogP contribution in [0.4, 0.5) is 0 Å². The molecule has 0 atom stereocenters. The minimum absolute atomic E-state index is 0.104. The summed E-state index contributed by atoms with van der Waals surface area (Å²) >= 11 is 7.12. The van der Waals surface area contributed by atoms with Crippen LogP contribution >= 0.6 is 52.1 Å². The van der Waals surface area contributed by atoms with E-state index in [2.05, 4.69) is 159 Å². The average Bonchev–Trinajstić information content (AvgIpc) is 2.77. The van der Waals surface area contributed by atoms with Gasteiger partial charge in [0.25, 0.3) is 0 Å². The third-order valence-electron chi connectivity index (χ3n) is 3.82. The van der Waals surface area contributed by atoms with Crippen molar-refractivity contribution in [3.8, 4) is 0 Å². The third kappa shape index (κ3) is 16.1. The Morgan fingerprint density at radius 3 is 0.700 bits per heavy atom. The van der Waals surface area contributed by atoms with Gasteiger partial charge in [-0.05, 0) is 55.9 Å². The quantitative estimate of drug-likeness (QED) is 0.258. The van der Waals surface area contributed by atoms with Gasteiger partial charge in [0, 0.05) is 0 Å². The molecule has 0 saturated carbocycles. The molecule has 0 nitrogen and oxygen atoms in total. The van der Waals surface area contributed by atoms with Gasteiger partial charge in [-0.15, -0.1) is 0 Å². The molecule has 0 saturated heterocycles. The van der Waals surface area contributed by atoms with Gasteiger partial charge in [-0.2, -0.15) is 0 Å². The molecule has 0 unspecified atom stereocenters. The summed E-state index contributed by atoms with van der Waals surface area (Å²) in [7, 11) is 0.313. The molecule has 3 rings (SSSR count). The van der Waals surface area contributed by atoms with Crippen LogP contribution in [0.15, 0.2) is 91.0 Å². The van der Waals surface area contributed by atoms with Crippen molar-refractivity contribution in [1.29, 1.82) is 0 Å². The molecule has 30 heavy (non-hydrogen) atoms. The predicted molar refractivity (Wildman–Crippen MR) is 152 cm³/mol. The Morgan fingerprint density at radius 1 is 0.433 bits per heavy atom. The van der Waals surface area contributed by atoms with E-state index in [0.717, 1.165) is 11.1 Å². The predicted octanol–water partition coefficient (Wildman–Crippen LogP) is 7.85. The molecule has 0 bridgehead atoms. The molecule has 0 fully saturated rings. The molecule has 0 heterocycles. The maximum absolute atomic E-state index is 3.03. The van der Waals surface area contributed by atoms with E-state index >= 15 is 0 Å². The number of benzene rings is 3. The van der Waals surface area contributed by atoms with Crippen LogP contribution in [-0.2, 0) is 11.1 Å². The zero-order chi connectivity index (χ0) is 22.8. The van der Waals surface area contributed by atoms with Crippen molar-refractivity contribution < 1.29 is 11.1 Å². The van der Waals surface area contributed by atoms with Crippen LogP contribution in [-0.4, -0.2) is 40.0 Å². The van der Waals surface area contributed by atoms with E-state index in [4.69, 9.17) is 0 Å². The molecule has 0 aliphatic heterocycles. The first-order valence-corrected chi connectivity index (χ1v) is 21.2. The van der Waals surface area contributed by atoms with Crippen LogP contribution in [0.25, 0.3) is 0 Å². The Balaban J connectivity index is 0.000000394. The number of halogens is 2. The van der Waals surface area contributed by atoms with Crippen molar-refractivity contribution in [3.63, 3.8) is 0 Å². The summed E-state index contributed by atoms with van der Waals surface area (Å²) in [5, 5.41) is 4.44. The van der Waals surface area contributed by atoms with E-state index < -0.39 is 0 Å². The average molecular weight is 633 g/mol. The van der Waals surface area contributed by atoms with Crippen LogP contribution in [0.1, 0.15) is 0 Å². The van der Waals surface area contributed by atoms with Crippen molar-refractivity contribution in [3.05, 3.63) is 91.0 Å². The van der Waals surface area contributed by atoms with Gasteiger partial charge in [0.1, 0.15) is 0 Å². The van der Waals surface area contributed by atoms with Crippen molar-refractivity contribution in [1.82, 2.24) is 0 Å². The molecule has 3 aromatic carbocycles. The van der Waals surface area contributed by atoms with E-state index in [1.54, 1.807) is 0 Å². The topological polar surface area (TPSA) is 0 Å². The summed E-state index contributed by atoms with van der Waals surface area (Å²) in [6.45, 7) is 13.6. The number of hydrogen-bond donors (Lipinski definition) is 0. The van der Waals surface area contributed by atoms with Crippen LogP contribution in [0, 0.1) is 0 Å². The van der Waals surface area contributed by atoms with E-state index in [0.29, 0.717) is 0 Å². The van der Waals surface area contributed by atoms with Gasteiger partial charge in [-0.3, -0.25) is 0 Å². The number of rotatable bonds is 3. The van der Waals surface area contributed by atoms with Gasteiger partial charge in [0.15, 0.2) is 0 Å². The summed E-state index contributed by atoms with van der Waals surface area (Å²) in [5.74, 6) is 0. The van der Waals surface area contributed by atoms with Crippen LogP contribution in [0.3, 0.4) is 0 Å². The monoisotopic (exact) mass is 631 g/mol. The Kier molecular flexibility index (Phi) is 20.3. The summed E-state index contributed by atoms with van der Waals surface area (Å²) in [6, 6.07) is 31.9. The normalized spacial score (nSPS) is 9.83. The van der Waals surface area contributed by atoms with E-state index in [-0.39, 0.29) is 23.8 Å². The molecule has 0 radical (unpaired) electrons. The van der Waals surface area contributed by atoms with Gasteiger partial charge in [-0.25, -0.2) is 0 Å². The van der Waals surface area contributed by atoms with Crippen LogP contribution in [0.5, 0.6) is 0 Å². The maximum atomic E-state index is 3.03. The Morgan fingerprint density at radius 2 is 0.600 bits per heavy atom. The first-order valence-electron chi connectivity index (χ1n) is 9.34. The summed E-state index contributed by atoms with van der Waals surface area (Å²) < 4.78 is 0. The van der Waals surface area contributed by atoms with Gasteiger partial charge in [-0.1, -0.05) is 115 Å². The minimum atomic E-state index is 0.104. The Bertz CT molecular complexity index is 637. The van der Waals surface area contributed by atoms with Crippen LogP contribution < -0.4 is 15.9 Å². The summed E-state index contributed by atoms with van der Waals surface area (Å²) in [6.07, 6.45) is 0. The summed E-state index contributed by atoms with van der Waals surface area (Å²) in [4.78, 5) is 0.